The largest absolute Gasteiger partial charge is 0.496 e. The smallest absolute Gasteiger partial charge is 0.257 e. The number of nitrogens with zero attached hydrogens (tertiary/aromatic N) is 1. The topological polar surface area (TPSA) is 46.6 Å². The van der Waals surface area contributed by atoms with Gasteiger partial charge < -0.3 is 9.64 Å². The van der Waals surface area contributed by atoms with E-state index in [0.29, 0.717) is 29.3 Å². The summed E-state index contributed by atoms with van der Waals surface area (Å²) in [5.41, 5.74) is 0.498. The normalized spacial score (nSPS) is 18.4. The van der Waals surface area contributed by atoms with Gasteiger partial charge in [-0.25, -0.2) is 0 Å². The third-order valence-electron chi connectivity index (χ3n) is 3.81. The number of ether oxygens (including phenoxy) is 1. The molecule has 1 aromatic rings. The number of hydrogen-bond acceptors (Lipinski definition) is 3. The maximum absolute atomic E-state index is 12.8. The molecule has 1 aliphatic heterocycles. The lowest BCUT2D eigenvalue weighted by Crippen LogP contribution is -2.44. The average molecular weight is 310 g/mol. The summed E-state index contributed by atoms with van der Waals surface area (Å²) in [7, 11) is 1.52. The monoisotopic (exact) mass is 309 g/mol. The Morgan fingerprint density at radius 1 is 1.38 bits per heavy atom. The molecule has 0 spiro atoms. The first-order chi connectivity index (χ1) is 10.0. The minimum Gasteiger partial charge on any atom is -0.496 e. The molecule has 21 heavy (non-hydrogen) atoms. The lowest BCUT2D eigenvalue weighted by Gasteiger charge is -2.35. The van der Waals surface area contributed by atoms with Crippen molar-refractivity contribution in [2.45, 2.75) is 38.6 Å². The number of Topliss-reactive ketones (excluding diaryl/α,β-unsaturated/α-hetero) is 1. The van der Waals surface area contributed by atoms with E-state index in [-0.39, 0.29) is 17.7 Å². The molecule has 2 rings (SSSR count). The van der Waals surface area contributed by atoms with E-state index in [0.717, 1.165) is 19.3 Å². The number of benzene rings is 1. The molecule has 1 fully saturated rings. The first kappa shape index (κ1) is 15.8. The summed E-state index contributed by atoms with van der Waals surface area (Å²) in [6.07, 6.45) is 3.32. The number of piperidine rings is 1. The zero-order valence-electron chi connectivity index (χ0n) is 12.4. The van der Waals surface area contributed by atoms with Gasteiger partial charge in [0.2, 0.25) is 0 Å². The van der Waals surface area contributed by atoms with Crippen molar-refractivity contribution in [3.63, 3.8) is 0 Å². The van der Waals surface area contributed by atoms with Gasteiger partial charge in [-0.1, -0.05) is 11.6 Å². The second-order valence-electron chi connectivity index (χ2n) is 5.40. The van der Waals surface area contributed by atoms with Crippen molar-refractivity contribution in [2.24, 2.45) is 0 Å². The van der Waals surface area contributed by atoms with Crippen LogP contribution in [-0.4, -0.2) is 36.3 Å². The molecule has 0 aromatic heterocycles. The van der Waals surface area contributed by atoms with Crippen molar-refractivity contribution in [1.82, 2.24) is 4.90 Å². The molecule has 0 aliphatic carbocycles. The molecule has 1 heterocycles. The van der Waals surface area contributed by atoms with Gasteiger partial charge in [-0.3, -0.25) is 9.59 Å². The number of hydrogen-bond donors (Lipinski definition) is 0. The summed E-state index contributed by atoms with van der Waals surface area (Å²) < 4.78 is 5.26. The highest BCUT2D eigenvalue weighted by Crippen LogP contribution is 2.28. The van der Waals surface area contributed by atoms with Crippen molar-refractivity contribution < 1.29 is 14.3 Å². The fourth-order valence-corrected chi connectivity index (χ4v) is 2.97. The molecule has 0 saturated carbocycles. The van der Waals surface area contributed by atoms with Crippen LogP contribution in [0.2, 0.25) is 5.02 Å². The lowest BCUT2D eigenvalue weighted by atomic mass is 9.96. The maximum atomic E-state index is 12.8. The van der Waals surface area contributed by atoms with Crippen LogP contribution in [-0.2, 0) is 4.79 Å². The van der Waals surface area contributed by atoms with Crippen LogP contribution >= 0.6 is 11.6 Å². The third-order valence-corrected chi connectivity index (χ3v) is 4.04. The summed E-state index contributed by atoms with van der Waals surface area (Å²) in [4.78, 5) is 26.0. The molecular formula is C16H20ClNO3. The molecule has 1 atom stereocenters. The summed E-state index contributed by atoms with van der Waals surface area (Å²) in [6, 6.07) is 4.99. The predicted molar refractivity (Wildman–Crippen MR) is 82.0 cm³/mol. The Labute approximate surface area is 130 Å². The van der Waals surface area contributed by atoms with Crippen molar-refractivity contribution in [2.75, 3.05) is 13.7 Å². The SMILES string of the molecule is COc1cc(Cl)ccc1C(=O)N1CCCCC1CC(C)=O. The van der Waals surface area contributed by atoms with E-state index in [1.165, 1.54) is 7.11 Å². The predicted octanol–water partition coefficient (Wildman–Crippen LogP) is 3.32. The number of methoxy groups -OCH3 is 1. The first-order valence-electron chi connectivity index (χ1n) is 7.17. The van der Waals surface area contributed by atoms with E-state index in [2.05, 4.69) is 0 Å². The van der Waals surface area contributed by atoms with Crippen molar-refractivity contribution in [3.8, 4) is 5.75 Å². The highest BCUT2D eigenvalue weighted by molar-refractivity contribution is 6.30. The summed E-state index contributed by atoms with van der Waals surface area (Å²) in [5, 5.41) is 0.530. The van der Waals surface area contributed by atoms with Gasteiger partial charge in [0, 0.05) is 24.0 Å². The number of carbonyl (C=O) groups excluding carboxylic acids is 2. The Kier molecular flexibility index (Phi) is 5.23. The molecular weight excluding hydrogens is 290 g/mol. The van der Waals surface area contributed by atoms with E-state index in [4.69, 9.17) is 16.3 Å². The van der Waals surface area contributed by atoms with E-state index in [9.17, 15) is 9.59 Å². The van der Waals surface area contributed by atoms with Crippen molar-refractivity contribution in [3.05, 3.63) is 28.8 Å². The van der Waals surface area contributed by atoms with Crippen LogP contribution in [0.4, 0.5) is 0 Å². The Balaban J connectivity index is 2.26. The summed E-state index contributed by atoms with van der Waals surface area (Å²) in [5.74, 6) is 0.497. The van der Waals surface area contributed by atoms with E-state index < -0.39 is 0 Å². The Morgan fingerprint density at radius 3 is 2.81 bits per heavy atom. The molecule has 5 heteroatoms. The van der Waals surface area contributed by atoms with Crippen LogP contribution in [0.15, 0.2) is 18.2 Å². The Hall–Kier alpha value is -1.55. The molecule has 1 aromatic carbocycles. The van der Waals surface area contributed by atoms with Crippen LogP contribution in [0.1, 0.15) is 43.0 Å². The van der Waals surface area contributed by atoms with Crippen LogP contribution < -0.4 is 4.74 Å². The Bertz CT molecular complexity index is 544. The maximum Gasteiger partial charge on any atom is 0.257 e. The molecule has 1 aliphatic rings. The first-order valence-corrected chi connectivity index (χ1v) is 7.54. The number of likely N-dealkylation sites (tertiary alicyclic amines) is 1. The summed E-state index contributed by atoms with van der Waals surface area (Å²) >= 11 is 5.93. The zero-order valence-corrected chi connectivity index (χ0v) is 13.2. The van der Waals surface area contributed by atoms with Crippen molar-refractivity contribution in [1.29, 1.82) is 0 Å². The van der Waals surface area contributed by atoms with Gasteiger partial charge in [-0.15, -0.1) is 0 Å². The van der Waals surface area contributed by atoms with Gasteiger partial charge in [-0.2, -0.15) is 0 Å². The number of rotatable bonds is 4. The quantitative estimate of drug-likeness (QED) is 0.857. The van der Waals surface area contributed by atoms with Crippen LogP contribution in [0.25, 0.3) is 0 Å². The molecule has 0 N–H and O–H groups in total. The minimum atomic E-state index is -0.0885. The second kappa shape index (κ2) is 6.94. The molecule has 0 radical (unpaired) electrons. The molecule has 4 nitrogen and oxygen atoms in total. The highest BCUT2D eigenvalue weighted by Gasteiger charge is 2.29. The molecule has 1 saturated heterocycles. The fourth-order valence-electron chi connectivity index (χ4n) is 2.81. The summed E-state index contributed by atoms with van der Waals surface area (Å²) in [6.45, 7) is 2.25. The standard InChI is InChI=1S/C16H20ClNO3/c1-11(19)9-13-5-3-4-8-18(13)16(20)14-7-6-12(17)10-15(14)21-2/h6-7,10,13H,3-5,8-9H2,1-2H3. The van der Waals surface area contributed by atoms with E-state index >= 15 is 0 Å². The van der Waals surface area contributed by atoms with Gasteiger partial charge in [0.15, 0.2) is 0 Å². The number of ketones is 1. The van der Waals surface area contributed by atoms with Gasteiger partial charge in [0.25, 0.3) is 5.91 Å². The molecule has 1 unspecified atom stereocenters. The molecule has 1 amide bonds. The highest BCUT2D eigenvalue weighted by atomic mass is 35.5. The van der Waals surface area contributed by atoms with Crippen LogP contribution in [0.5, 0.6) is 5.75 Å². The third kappa shape index (κ3) is 3.76. The van der Waals surface area contributed by atoms with Crippen LogP contribution in [0, 0.1) is 0 Å². The van der Waals surface area contributed by atoms with Gasteiger partial charge >= 0.3 is 0 Å². The van der Waals surface area contributed by atoms with Crippen LogP contribution in [0.3, 0.4) is 0 Å². The minimum absolute atomic E-state index is 0.0101. The number of amides is 1. The fraction of sp³-hybridized carbons (Fsp3) is 0.500. The van der Waals surface area contributed by atoms with Gasteiger partial charge in [-0.05, 0) is 44.4 Å². The number of halogens is 1. The van der Waals surface area contributed by atoms with Crippen molar-refractivity contribution >= 4 is 23.3 Å². The molecule has 0 bridgehead atoms. The Morgan fingerprint density at radius 2 is 2.14 bits per heavy atom. The average Bonchev–Trinajstić information content (AvgIpc) is 2.46. The van der Waals surface area contributed by atoms with Gasteiger partial charge in [0.05, 0.1) is 12.7 Å². The molecule has 114 valence electrons. The van der Waals surface area contributed by atoms with E-state index in [1.54, 1.807) is 30.0 Å². The lowest BCUT2D eigenvalue weighted by molar-refractivity contribution is -0.118. The number of carbonyl (C=O) groups is 2. The van der Waals surface area contributed by atoms with Gasteiger partial charge in [0.1, 0.15) is 11.5 Å². The second-order valence-corrected chi connectivity index (χ2v) is 5.84. The van der Waals surface area contributed by atoms with E-state index in [1.807, 2.05) is 0 Å². The zero-order chi connectivity index (χ0) is 15.4.